The summed E-state index contributed by atoms with van der Waals surface area (Å²) in [5.41, 5.74) is 3.60. The molecule has 1 saturated heterocycles. The van der Waals surface area contributed by atoms with Crippen molar-refractivity contribution in [3.8, 4) is 0 Å². The van der Waals surface area contributed by atoms with E-state index in [2.05, 4.69) is 63.5 Å². The van der Waals surface area contributed by atoms with E-state index < -0.39 is 0 Å². The van der Waals surface area contributed by atoms with Crippen LogP contribution >= 0.6 is 11.3 Å². The Morgan fingerprint density at radius 3 is 2.57 bits per heavy atom. The number of anilines is 2. The maximum atomic E-state index is 13.5. The molecule has 7 heteroatoms. The van der Waals surface area contributed by atoms with Crippen molar-refractivity contribution < 1.29 is 4.79 Å². The number of hydrogen-bond acceptors (Lipinski definition) is 6. The molecule has 3 atom stereocenters. The molecule has 2 fully saturated rings. The van der Waals surface area contributed by atoms with Gasteiger partial charge in [0.05, 0.1) is 10.3 Å². The molecule has 182 valence electrons. The SMILES string of the molecule is CCc1ccc(N2CCN(C(=O)c3sc4ncnc(NCC5CC6C=CC5C6)c4c3C)CC2)cc1. The van der Waals surface area contributed by atoms with Gasteiger partial charge in [-0.15, -0.1) is 11.3 Å². The monoisotopic (exact) mass is 487 g/mol. The minimum Gasteiger partial charge on any atom is -0.369 e. The molecule has 1 N–H and O–H groups in total. The number of aromatic nitrogens is 2. The van der Waals surface area contributed by atoms with E-state index in [1.807, 2.05) is 11.8 Å². The first-order chi connectivity index (χ1) is 17.1. The summed E-state index contributed by atoms with van der Waals surface area (Å²) < 4.78 is 0. The molecule has 35 heavy (non-hydrogen) atoms. The van der Waals surface area contributed by atoms with Gasteiger partial charge in [0.1, 0.15) is 17.0 Å². The quantitative estimate of drug-likeness (QED) is 0.488. The van der Waals surface area contributed by atoms with E-state index in [0.29, 0.717) is 11.8 Å². The normalized spacial score (nSPS) is 23.4. The van der Waals surface area contributed by atoms with Gasteiger partial charge < -0.3 is 15.1 Å². The van der Waals surface area contributed by atoms with Gasteiger partial charge in [0.25, 0.3) is 5.91 Å². The van der Waals surface area contributed by atoms with E-state index in [1.54, 1.807) is 6.33 Å². The summed E-state index contributed by atoms with van der Waals surface area (Å²) in [5, 5.41) is 4.62. The van der Waals surface area contributed by atoms with Crippen LogP contribution in [0.15, 0.2) is 42.7 Å². The van der Waals surface area contributed by atoms with E-state index in [1.165, 1.54) is 35.4 Å². The van der Waals surface area contributed by atoms with Crippen LogP contribution in [0.3, 0.4) is 0 Å². The van der Waals surface area contributed by atoms with Gasteiger partial charge in [-0.1, -0.05) is 31.2 Å². The molecule has 0 spiro atoms. The first-order valence-electron chi connectivity index (χ1n) is 12.9. The van der Waals surface area contributed by atoms with Gasteiger partial charge in [-0.3, -0.25) is 4.79 Å². The molecular weight excluding hydrogens is 454 g/mol. The lowest BCUT2D eigenvalue weighted by molar-refractivity contribution is 0.0751. The molecule has 1 saturated carbocycles. The third-order valence-electron chi connectivity index (χ3n) is 8.15. The predicted molar refractivity (Wildman–Crippen MR) is 143 cm³/mol. The molecule has 6 nitrogen and oxygen atoms in total. The number of nitrogens with one attached hydrogen (secondary N) is 1. The second kappa shape index (κ2) is 9.26. The fourth-order valence-corrected chi connectivity index (χ4v) is 7.14. The lowest BCUT2D eigenvalue weighted by Gasteiger charge is -2.36. The van der Waals surface area contributed by atoms with Crippen LogP contribution < -0.4 is 10.2 Å². The Balaban J connectivity index is 1.15. The van der Waals surface area contributed by atoms with Crippen molar-refractivity contribution in [2.75, 3.05) is 42.9 Å². The van der Waals surface area contributed by atoms with E-state index >= 15 is 0 Å². The molecule has 6 rings (SSSR count). The second-order valence-electron chi connectivity index (χ2n) is 10.2. The highest BCUT2D eigenvalue weighted by Gasteiger charge is 2.35. The molecule has 1 amide bonds. The zero-order chi connectivity index (χ0) is 23.9. The van der Waals surface area contributed by atoms with Crippen molar-refractivity contribution in [1.29, 1.82) is 0 Å². The molecule has 0 radical (unpaired) electrons. The Hall–Kier alpha value is -2.93. The van der Waals surface area contributed by atoms with Crippen LogP contribution in [0.25, 0.3) is 10.2 Å². The molecule has 2 bridgehead atoms. The number of nitrogens with zero attached hydrogens (tertiary/aromatic N) is 4. The number of allylic oxidation sites excluding steroid dienone is 2. The topological polar surface area (TPSA) is 61.4 Å². The summed E-state index contributed by atoms with van der Waals surface area (Å²) in [5.74, 6) is 3.13. The van der Waals surface area contributed by atoms with Crippen LogP contribution in [0.5, 0.6) is 0 Å². The van der Waals surface area contributed by atoms with Crippen molar-refractivity contribution in [2.24, 2.45) is 17.8 Å². The first-order valence-corrected chi connectivity index (χ1v) is 13.7. The van der Waals surface area contributed by atoms with Gasteiger partial charge in [-0.2, -0.15) is 0 Å². The van der Waals surface area contributed by atoms with Crippen LogP contribution in [0.1, 0.15) is 40.6 Å². The molecule has 2 aromatic heterocycles. The molecule has 3 heterocycles. The third kappa shape index (κ3) is 4.20. The molecule has 2 aliphatic carbocycles. The van der Waals surface area contributed by atoms with Crippen LogP contribution in [0.4, 0.5) is 11.5 Å². The van der Waals surface area contributed by atoms with Crippen LogP contribution in [-0.2, 0) is 6.42 Å². The van der Waals surface area contributed by atoms with Crippen LogP contribution in [-0.4, -0.2) is 53.5 Å². The number of amides is 1. The van der Waals surface area contributed by atoms with E-state index in [4.69, 9.17) is 0 Å². The van der Waals surface area contributed by atoms with Gasteiger partial charge in [0.15, 0.2) is 0 Å². The number of piperazine rings is 1. The maximum absolute atomic E-state index is 13.5. The minimum absolute atomic E-state index is 0.121. The number of carbonyl (C=O) groups excluding carboxylic acids is 1. The standard InChI is InChI=1S/C28H33N5OS/c1-3-19-5-8-23(9-6-19)32-10-12-33(13-11-32)28(34)25-18(2)24-26(30-17-31-27(24)35-25)29-16-22-15-20-4-7-21(22)14-20/h4-9,17,20-22H,3,10-16H2,1-2H3,(H,29,30,31). The first kappa shape index (κ1) is 22.5. The fraction of sp³-hybridized carbons (Fsp3) is 0.464. The summed E-state index contributed by atoms with van der Waals surface area (Å²) in [6.45, 7) is 8.32. The van der Waals surface area contributed by atoms with Crippen molar-refractivity contribution in [1.82, 2.24) is 14.9 Å². The summed E-state index contributed by atoms with van der Waals surface area (Å²) in [7, 11) is 0. The third-order valence-corrected chi connectivity index (χ3v) is 9.33. The fourth-order valence-electron chi connectivity index (χ4n) is 6.02. The second-order valence-corrected chi connectivity index (χ2v) is 11.2. The number of thiophene rings is 1. The maximum Gasteiger partial charge on any atom is 0.264 e. The highest BCUT2D eigenvalue weighted by atomic mass is 32.1. The predicted octanol–water partition coefficient (Wildman–Crippen LogP) is 5.15. The van der Waals surface area contributed by atoms with Gasteiger partial charge in [-0.05, 0) is 67.2 Å². The summed E-state index contributed by atoms with van der Waals surface area (Å²) in [4.78, 5) is 28.7. The summed E-state index contributed by atoms with van der Waals surface area (Å²) >= 11 is 1.50. The number of benzene rings is 1. The number of hydrogen-bond donors (Lipinski definition) is 1. The molecule has 3 aromatic rings. The Kier molecular flexibility index (Phi) is 5.96. The zero-order valence-electron chi connectivity index (χ0n) is 20.5. The zero-order valence-corrected chi connectivity index (χ0v) is 21.4. The van der Waals surface area contributed by atoms with Crippen molar-refractivity contribution in [2.45, 2.75) is 33.1 Å². The van der Waals surface area contributed by atoms with Crippen molar-refractivity contribution in [3.63, 3.8) is 0 Å². The smallest absolute Gasteiger partial charge is 0.264 e. The largest absolute Gasteiger partial charge is 0.369 e. The van der Waals surface area contributed by atoms with Crippen LogP contribution in [0.2, 0.25) is 0 Å². The van der Waals surface area contributed by atoms with Crippen molar-refractivity contribution >= 4 is 39.0 Å². The number of fused-ring (bicyclic) bond motifs is 3. The van der Waals surface area contributed by atoms with Gasteiger partial charge in [-0.25, -0.2) is 9.97 Å². The number of rotatable bonds is 6. The van der Waals surface area contributed by atoms with Gasteiger partial charge in [0, 0.05) is 38.4 Å². The highest BCUT2D eigenvalue weighted by molar-refractivity contribution is 7.20. The molecular formula is C28H33N5OS. The number of aryl methyl sites for hydroxylation is 2. The van der Waals surface area contributed by atoms with E-state index in [-0.39, 0.29) is 5.91 Å². The molecule has 3 aliphatic rings. The highest BCUT2D eigenvalue weighted by Crippen LogP contribution is 2.43. The molecule has 1 aliphatic heterocycles. The Morgan fingerprint density at radius 1 is 1.09 bits per heavy atom. The van der Waals surface area contributed by atoms with E-state index in [9.17, 15) is 4.79 Å². The van der Waals surface area contributed by atoms with E-state index in [0.717, 1.165) is 71.5 Å². The number of carbonyl (C=O) groups is 1. The average Bonchev–Trinajstić information content (AvgIpc) is 3.62. The summed E-state index contributed by atoms with van der Waals surface area (Å²) in [6.07, 6.45) is 10.0. The van der Waals surface area contributed by atoms with Gasteiger partial charge in [0.2, 0.25) is 0 Å². The van der Waals surface area contributed by atoms with Gasteiger partial charge >= 0.3 is 0 Å². The Labute approximate surface area is 211 Å². The molecule has 3 unspecified atom stereocenters. The molecule has 1 aromatic carbocycles. The Bertz CT molecular complexity index is 1260. The Morgan fingerprint density at radius 2 is 1.89 bits per heavy atom. The minimum atomic E-state index is 0.121. The van der Waals surface area contributed by atoms with Crippen molar-refractivity contribution in [3.05, 3.63) is 58.7 Å². The lowest BCUT2D eigenvalue weighted by Crippen LogP contribution is -2.48. The summed E-state index contributed by atoms with van der Waals surface area (Å²) in [6, 6.07) is 8.81. The van der Waals surface area contributed by atoms with Crippen LogP contribution in [0, 0.1) is 24.7 Å². The average molecular weight is 488 g/mol. The lowest BCUT2D eigenvalue weighted by atomic mass is 9.93.